The van der Waals surface area contributed by atoms with Crippen molar-refractivity contribution in [3.8, 4) is 12.3 Å². The number of amides is 1. The van der Waals surface area contributed by atoms with Gasteiger partial charge in [0, 0.05) is 30.8 Å². The highest BCUT2D eigenvalue weighted by Crippen LogP contribution is 2.22. The van der Waals surface area contributed by atoms with Crippen molar-refractivity contribution in [2.75, 3.05) is 6.54 Å². The number of nitrogens with zero attached hydrogens (tertiary/aromatic N) is 1. The smallest absolute Gasteiger partial charge is 0.224 e. The molecule has 0 N–H and O–H groups in total. The summed E-state index contributed by atoms with van der Waals surface area (Å²) in [7, 11) is 0. The highest BCUT2D eigenvalue weighted by molar-refractivity contribution is 5.80. The lowest BCUT2D eigenvalue weighted by atomic mass is 10.1. The molecule has 1 saturated heterocycles. The molecule has 1 amide bonds. The normalized spacial score (nSPS) is 19.4. The summed E-state index contributed by atoms with van der Waals surface area (Å²) in [6.07, 6.45) is 7.52. The van der Waals surface area contributed by atoms with Gasteiger partial charge in [-0.25, -0.2) is 0 Å². The van der Waals surface area contributed by atoms with E-state index in [1.54, 1.807) is 6.26 Å². The molecular formula is C15H13NO2. The number of carbonyl (C=O) groups excluding carboxylic acids is 1. The molecule has 0 bridgehead atoms. The van der Waals surface area contributed by atoms with Gasteiger partial charge < -0.3 is 9.32 Å². The standard InChI is InChI=1S/C15H13NO2/c1-2-11-8-15(17)16(9-11)10-12-3-4-14-13(7-12)5-6-18-14/h1,3-7,11H,8-10H2. The van der Waals surface area contributed by atoms with E-state index in [4.69, 9.17) is 10.8 Å². The Labute approximate surface area is 105 Å². The topological polar surface area (TPSA) is 33.5 Å². The van der Waals surface area contributed by atoms with Crippen LogP contribution in [0.4, 0.5) is 0 Å². The van der Waals surface area contributed by atoms with Gasteiger partial charge in [-0.15, -0.1) is 12.3 Å². The number of hydrogen-bond acceptors (Lipinski definition) is 2. The van der Waals surface area contributed by atoms with Crippen LogP contribution in [0.15, 0.2) is 34.9 Å². The predicted molar refractivity (Wildman–Crippen MR) is 68.6 cm³/mol. The van der Waals surface area contributed by atoms with E-state index in [1.807, 2.05) is 23.1 Å². The third kappa shape index (κ3) is 1.86. The van der Waals surface area contributed by atoms with Gasteiger partial charge in [-0.2, -0.15) is 0 Å². The number of rotatable bonds is 2. The fraction of sp³-hybridized carbons (Fsp3) is 0.267. The Hall–Kier alpha value is -2.21. The Kier molecular flexibility index (Phi) is 2.56. The Morgan fingerprint density at radius 2 is 2.33 bits per heavy atom. The molecule has 3 nitrogen and oxygen atoms in total. The van der Waals surface area contributed by atoms with Crippen molar-refractivity contribution in [2.45, 2.75) is 13.0 Å². The quantitative estimate of drug-likeness (QED) is 0.754. The van der Waals surface area contributed by atoms with Gasteiger partial charge in [0.15, 0.2) is 0 Å². The number of hydrogen-bond donors (Lipinski definition) is 0. The van der Waals surface area contributed by atoms with Crippen molar-refractivity contribution >= 4 is 16.9 Å². The first kappa shape index (κ1) is 10.9. The number of fused-ring (bicyclic) bond motifs is 1. The zero-order valence-corrected chi connectivity index (χ0v) is 9.93. The number of carbonyl (C=O) groups is 1. The first-order chi connectivity index (χ1) is 8.76. The number of furan rings is 1. The lowest BCUT2D eigenvalue weighted by molar-refractivity contribution is -0.128. The minimum atomic E-state index is 0.0650. The third-order valence-electron chi connectivity index (χ3n) is 3.34. The second-order valence-corrected chi connectivity index (χ2v) is 4.63. The molecule has 0 spiro atoms. The van der Waals surface area contributed by atoms with Crippen LogP contribution >= 0.6 is 0 Å². The minimum Gasteiger partial charge on any atom is -0.464 e. The van der Waals surface area contributed by atoms with Crippen LogP contribution < -0.4 is 0 Å². The summed E-state index contributed by atoms with van der Waals surface area (Å²) < 4.78 is 5.29. The van der Waals surface area contributed by atoms with Crippen molar-refractivity contribution in [1.82, 2.24) is 4.90 Å². The summed E-state index contributed by atoms with van der Waals surface area (Å²) in [4.78, 5) is 13.6. The maximum atomic E-state index is 11.8. The molecule has 0 saturated carbocycles. The van der Waals surface area contributed by atoms with Crippen LogP contribution in [0.25, 0.3) is 11.0 Å². The SMILES string of the molecule is C#CC1CC(=O)N(Cc2ccc3occc3c2)C1. The van der Waals surface area contributed by atoms with Gasteiger partial charge >= 0.3 is 0 Å². The van der Waals surface area contributed by atoms with E-state index in [0.717, 1.165) is 16.5 Å². The molecule has 1 aromatic carbocycles. The molecule has 1 aliphatic heterocycles. The summed E-state index contributed by atoms with van der Waals surface area (Å²) in [6.45, 7) is 1.29. The molecule has 0 radical (unpaired) electrons. The van der Waals surface area contributed by atoms with E-state index < -0.39 is 0 Å². The van der Waals surface area contributed by atoms with Crippen LogP contribution in [0.3, 0.4) is 0 Å². The van der Waals surface area contributed by atoms with E-state index in [1.165, 1.54) is 0 Å². The second kappa shape index (κ2) is 4.23. The van der Waals surface area contributed by atoms with Crippen LogP contribution in [0.5, 0.6) is 0 Å². The fourth-order valence-electron chi connectivity index (χ4n) is 2.37. The van der Waals surface area contributed by atoms with Gasteiger partial charge in [0.25, 0.3) is 0 Å². The van der Waals surface area contributed by atoms with E-state index in [2.05, 4.69) is 12.0 Å². The first-order valence-corrected chi connectivity index (χ1v) is 5.96. The Balaban J connectivity index is 1.80. The van der Waals surface area contributed by atoms with Crippen LogP contribution in [0, 0.1) is 18.3 Å². The molecule has 1 aliphatic rings. The molecule has 1 aromatic heterocycles. The number of benzene rings is 1. The van der Waals surface area contributed by atoms with E-state index in [9.17, 15) is 4.79 Å². The minimum absolute atomic E-state index is 0.0650. The van der Waals surface area contributed by atoms with E-state index in [0.29, 0.717) is 19.5 Å². The Morgan fingerprint density at radius 1 is 1.44 bits per heavy atom. The molecule has 1 unspecified atom stereocenters. The Bertz CT molecular complexity index is 635. The molecule has 2 heterocycles. The van der Waals surface area contributed by atoms with Gasteiger partial charge in [0.05, 0.1) is 6.26 Å². The lowest BCUT2D eigenvalue weighted by Gasteiger charge is -2.15. The van der Waals surface area contributed by atoms with Gasteiger partial charge in [-0.3, -0.25) is 4.79 Å². The maximum Gasteiger partial charge on any atom is 0.224 e. The monoisotopic (exact) mass is 239 g/mol. The molecule has 90 valence electrons. The largest absolute Gasteiger partial charge is 0.464 e. The molecule has 0 aliphatic carbocycles. The molecule has 3 rings (SSSR count). The number of likely N-dealkylation sites (tertiary alicyclic amines) is 1. The molecule has 18 heavy (non-hydrogen) atoms. The highest BCUT2D eigenvalue weighted by Gasteiger charge is 2.27. The lowest BCUT2D eigenvalue weighted by Crippen LogP contribution is -2.24. The zero-order valence-electron chi connectivity index (χ0n) is 9.93. The molecular weight excluding hydrogens is 226 g/mol. The summed E-state index contributed by atoms with van der Waals surface area (Å²) in [5, 5.41) is 1.06. The molecule has 1 fully saturated rings. The Morgan fingerprint density at radius 3 is 3.11 bits per heavy atom. The molecule has 1 atom stereocenters. The second-order valence-electron chi connectivity index (χ2n) is 4.63. The molecule has 3 heteroatoms. The van der Waals surface area contributed by atoms with Crippen LogP contribution in [0.1, 0.15) is 12.0 Å². The van der Waals surface area contributed by atoms with Crippen LogP contribution in [-0.4, -0.2) is 17.4 Å². The van der Waals surface area contributed by atoms with E-state index >= 15 is 0 Å². The van der Waals surface area contributed by atoms with Crippen LogP contribution in [0.2, 0.25) is 0 Å². The average Bonchev–Trinajstić information content (AvgIpc) is 2.96. The number of terminal acetylenes is 1. The average molecular weight is 239 g/mol. The van der Waals surface area contributed by atoms with Crippen LogP contribution in [-0.2, 0) is 11.3 Å². The van der Waals surface area contributed by atoms with Gasteiger partial charge in [-0.05, 0) is 23.8 Å². The highest BCUT2D eigenvalue weighted by atomic mass is 16.3. The summed E-state index contributed by atoms with van der Waals surface area (Å²) in [6, 6.07) is 7.90. The fourth-order valence-corrected chi connectivity index (χ4v) is 2.37. The molecule has 2 aromatic rings. The van der Waals surface area contributed by atoms with Crippen molar-refractivity contribution < 1.29 is 9.21 Å². The van der Waals surface area contributed by atoms with Gasteiger partial charge in [0.1, 0.15) is 5.58 Å². The van der Waals surface area contributed by atoms with Crippen molar-refractivity contribution in [1.29, 1.82) is 0 Å². The van der Waals surface area contributed by atoms with Gasteiger partial charge in [-0.1, -0.05) is 6.07 Å². The van der Waals surface area contributed by atoms with Crippen molar-refractivity contribution in [3.05, 3.63) is 36.1 Å². The van der Waals surface area contributed by atoms with Crippen molar-refractivity contribution in [3.63, 3.8) is 0 Å². The summed E-state index contributed by atoms with van der Waals surface area (Å²) in [5.74, 6) is 2.87. The predicted octanol–water partition coefficient (Wildman–Crippen LogP) is 2.41. The maximum absolute atomic E-state index is 11.8. The summed E-state index contributed by atoms with van der Waals surface area (Å²) >= 11 is 0. The first-order valence-electron chi connectivity index (χ1n) is 5.96. The summed E-state index contributed by atoms with van der Waals surface area (Å²) in [5.41, 5.74) is 1.97. The van der Waals surface area contributed by atoms with Crippen molar-refractivity contribution in [2.24, 2.45) is 5.92 Å². The third-order valence-corrected chi connectivity index (χ3v) is 3.34. The van der Waals surface area contributed by atoms with E-state index in [-0.39, 0.29) is 11.8 Å². The zero-order chi connectivity index (χ0) is 12.5. The van der Waals surface area contributed by atoms with Gasteiger partial charge in [0.2, 0.25) is 5.91 Å².